The Balaban J connectivity index is 1.34. The van der Waals surface area contributed by atoms with Gasteiger partial charge in [0.05, 0.1) is 5.52 Å². The van der Waals surface area contributed by atoms with Crippen LogP contribution in [0.5, 0.6) is 11.5 Å². The first-order valence-corrected chi connectivity index (χ1v) is 12.8. The van der Waals surface area contributed by atoms with Gasteiger partial charge in [-0.05, 0) is 48.6 Å². The lowest BCUT2D eigenvalue weighted by molar-refractivity contribution is -0.136. The largest absolute Gasteiger partial charge is 0.457 e. The van der Waals surface area contributed by atoms with E-state index in [0.717, 1.165) is 5.39 Å². The third-order valence-electron chi connectivity index (χ3n) is 6.37. The van der Waals surface area contributed by atoms with E-state index >= 15 is 0 Å². The molecule has 0 aliphatic carbocycles. The number of likely N-dealkylation sites (tertiary alicyclic amines) is 1. The zero-order valence-corrected chi connectivity index (χ0v) is 22.0. The number of ether oxygens (including phenoxy) is 1. The van der Waals surface area contributed by atoms with Crippen LogP contribution in [0.25, 0.3) is 10.9 Å². The van der Waals surface area contributed by atoms with Crippen LogP contribution in [0.3, 0.4) is 0 Å². The zero-order valence-electron chi connectivity index (χ0n) is 22.0. The van der Waals surface area contributed by atoms with Gasteiger partial charge in [-0.3, -0.25) is 14.2 Å². The Morgan fingerprint density at radius 2 is 1.82 bits per heavy atom. The Bertz CT molecular complexity index is 1310. The lowest BCUT2D eigenvalue weighted by atomic mass is 9.90. The summed E-state index contributed by atoms with van der Waals surface area (Å²) in [5.41, 5.74) is 0.608. The van der Waals surface area contributed by atoms with E-state index in [1.54, 1.807) is 48.8 Å². The number of rotatable bonds is 7. The molecule has 1 aliphatic rings. The molecule has 2 aromatic heterocycles. The van der Waals surface area contributed by atoms with E-state index < -0.39 is 12.7 Å². The van der Waals surface area contributed by atoms with Crippen LogP contribution in [0.1, 0.15) is 40.0 Å². The molecule has 0 atom stereocenters. The van der Waals surface area contributed by atoms with Crippen LogP contribution in [-0.4, -0.2) is 58.6 Å². The number of halogens is 1. The molecule has 9 nitrogen and oxygen atoms in total. The van der Waals surface area contributed by atoms with Gasteiger partial charge >= 0.3 is 6.03 Å². The summed E-state index contributed by atoms with van der Waals surface area (Å²) in [6.07, 6.45) is 4.90. The van der Waals surface area contributed by atoms with Crippen LogP contribution < -0.4 is 15.4 Å². The fourth-order valence-electron chi connectivity index (χ4n) is 4.46. The number of hydrogen-bond donors (Lipinski definition) is 2. The SMILES string of the molecule is CC(C)(C)CC(=O)N1CCC(C(=O)Nc2cc(Oc3ccc4c(ccn4C(=O)NCCF)c3)ccn2)CC1. The average molecular weight is 524 g/mol. The highest BCUT2D eigenvalue weighted by Crippen LogP contribution is 2.28. The maximum absolute atomic E-state index is 12.9. The topological polar surface area (TPSA) is 106 Å². The minimum atomic E-state index is -0.630. The number of carbonyl (C=O) groups is 3. The number of aromatic nitrogens is 2. The zero-order chi connectivity index (χ0) is 27.3. The van der Waals surface area contributed by atoms with Crippen molar-refractivity contribution in [3.63, 3.8) is 0 Å². The second-order valence-corrected chi connectivity index (χ2v) is 10.7. The molecule has 1 aliphatic heterocycles. The van der Waals surface area contributed by atoms with Crippen molar-refractivity contribution in [3.05, 3.63) is 48.8 Å². The number of hydrogen-bond acceptors (Lipinski definition) is 5. The molecule has 0 spiro atoms. The number of pyridine rings is 1. The second kappa shape index (κ2) is 11.6. The highest BCUT2D eigenvalue weighted by Gasteiger charge is 2.29. The molecule has 202 valence electrons. The quantitative estimate of drug-likeness (QED) is 0.455. The maximum Gasteiger partial charge on any atom is 0.326 e. The molecule has 3 heterocycles. The number of fused-ring (bicyclic) bond motifs is 1. The smallest absolute Gasteiger partial charge is 0.326 e. The number of piperidine rings is 1. The van der Waals surface area contributed by atoms with Crippen molar-refractivity contribution in [1.29, 1.82) is 0 Å². The number of alkyl halides is 1. The fraction of sp³-hybridized carbons (Fsp3) is 0.429. The molecule has 1 saturated heterocycles. The minimum absolute atomic E-state index is 0.0447. The number of nitrogens with zero attached hydrogens (tertiary/aromatic N) is 3. The Labute approximate surface area is 221 Å². The first kappa shape index (κ1) is 27.1. The van der Waals surface area contributed by atoms with Gasteiger partial charge in [-0.25, -0.2) is 14.2 Å². The number of anilines is 1. The van der Waals surface area contributed by atoms with Gasteiger partial charge in [-0.1, -0.05) is 20.8 Å². The van der Waals surface area contributed by atoms with Crippen molar-refractivity contribution in [3.8, 4) is 11.5 Å². The van der Waals surface area contributed by atoms with Crippen molar-refractivity contribution in [1.82, 2.24) is 19.8 Å². The molecular formula is C28H34FN5O4. The predicted octanol–water partition coefficient (Wildman–Crippen LogP) is 4.97. The van der Waals surface area contributed by atoms with Gasteiger partial charge in [-0.2, -0.15) is 0 Å². The fourth-order valence-corrected chi connectivity index (χ4v) is 4.46. The van der Waals surface area contributed by atoms with Crippen LogP contribution in [0.15, 0.2) is 48.8 Å². The number of amides is 3. The summed E-state index contributed by atoms with van der Waals surface area (Å²) in [7, 11) is 0. The van der Waals surface area contributed by atoms with E-state index in [4.69, 9.17) is 4.74 Å². The molecule has 10 heteroatoms. The normalized spacial score (nSPS) is 14.4. The number of benzene rings is 1. The van der Waals surface area contributed by atoms with Crippen LogP contribution >= 0.6 is 0 Å². The second-order valence-electron chi connectivity index (χ2n) is 10.7. The van der Waals surface area contributed by atoms with E-state index in [1.165, 1.54) is 4.57 Å². The van der Waals surface area contributed by atoms with Gasteiger partial charge < -0.3 is 20.3 Å². The van der Waals surface area contributed by atoms with E-state index in [0.29, 0.717) is 55.2 Å². The average Bonchev–Trinajstić information content (AvgIpc) is 3.30. The highest BCUT2D eigenvalue weighted by atomic mass is 19.1. The van der Waals surface area contributed by atoms with Crippen LogP contribution in [0.2, 0.25) is 0 Å². The van der Waals surface area contributed by atoms with Gasteiger partial charge in [0.1, 0.15) is 24.0 Å². The number of nitrogens with one attached hydrogen (secondary N) is 2. The molecular weight excluding hydrogens is 489 g/mol. The van der Waals surface area contributed by atoms with Gasteiger partial charge in [0, 0.05) is 55.8 Å². The Morgan fingerprint density at radius 3 is 2.53 bits per heavy atom. The van der Waals surface area contributed by atoms with Gasteiger partial charge in [0.15, 0.2) is 0 Å². The monoisotopic (exact) mass is 523 g/mol. The summed E-state index contributed by atoms with van der Waals surface area (Å²) < 4.78 is 19.8. The van der Waals surface area contributed by atoms with Gasteiger partial charge in [0.25, 0.3) is 0 Å². The lowest BCUT2D eigenvalue weighted by Gasteiger charge is -2.33. The van der Waals surface area contributed by atoms with Crippen molar-refractivity contribution >= 4 is 34.6 Å². The standard InChI is InChI=1S/C28H34FN5O4/c1-28(2,3)18-25(35)33-13-7-19(8-14-33)26(36)32-24-17-22(6-11-30-24)38-21-4-5-23-20(16-21)9-15-34(23)27(37)31-12-10-29/h4-6,9,11,15-17,19H,7-8,10,12-14,18H2,1-3H3,(H,31,37)(H,30,32,36). The molecule has 0 bridgehead atoms. The van der Waals surface area contributed by atoms with E-state index in [2.05, 4.69) is 15.6 Å². The van der Waals surface area contributed by atoms with Crippen molar-refractivity contribution < 1.29 is 23.5 Å². The van der Waals surface area contributed by atoms with Crippen LogP contribution in [0.4, 0.5) is 15.0 Å². The first-order valence-electron chi connectivity index (χ1n) is 12.8. The van der Waals surface area contributed by atoms with E-state index in [1.807, 2.05) is 25.7 Å². The molecule has 0 saturated carbocycles. The molecule has 1 fully saturated rings. The maximum atomic E-state index is 12.9. The molecule has 1 aromatic carbocycles. The Kier molecular flexibility index (Phi) is 8.29. The lowest BCUT2D eigenvalue weighted by Crippen LogP contribution is -2.42. The molecule has 4 rings (SSSR count). The van der Waals surface area contributed by atoms with Gasteiger partial charge in [-0.15, -0.1) is 0 Å². The molecule has 38 heavy (non-hydrogen) atoms. The molecule has 3 amide bonds. The highest BCUT2D eigenvalue weighted by molar-refractivity contribution is 5.93. The molecule has 0 radical (unpaired) electrons. The molecule has 3 aromatic rings. The Hall–Kier alpha value is -3.95. The number of carbonyl (C=O) groups excluding carboxylic acids is 3. The van der Waals surface area contributed by atoms with E-state index in [-0.39, 0.29) is 29.7 Å². The summed E-state index contributed by atoms with van der Waals surface area (Å²) >= 11 is 0. The summed E-state index contributed by atoms with van der Waals surface area (Å²) in [6.45, 7) is 6.61. The summed E-state index contributed by atoms with van der Waals surface area (Å²) in [4.78, 5) is 43.6. The third-order valence-corrected chi connectivity index (χ3v) is 6.37. The van der Waals surface area contributed by atoms with Crippen molar-refractivity contribution in [2.24, 2.45) is 11.3 Å². The van der Waals surface area contributed by atoms with Gasteiger partial charge in [0.2, 0.25) is 11.8 Å². The minimum Gasteiger partial charge on any atom is -0.457 e. The third kappa shape index (κ3) is 6.87. The first-order chi connectivity index (χ1) is 18.1. The van der Waals surface area contributed by atoms with Crippen molar-refractivity contribution in [2.45, 2.75) is 40.0 Å². The Morgan fingerprint density at radius 1 is 1.08 bits per heavy atom. The predicted molar refractivity (Wildman–Crippen MR) is 143 cm³/mol. The van der Waals surface area contributed by atoms with E-state index in [9.17, 15) is 18.8 Å². The molecule has 2 N–H and O–H groups in total. The van der Waals surface area contributed by atoms with Crippen LogP contribution in [0, 0.1) is 11.3 Å². The summed E-state index contributed by atoms with van der Waals surface area (Å²) in [5.74, 6) is 1.26. The summed E-state index contributed by atoms with van der Waals surface area (Å²) in [6, 6.07) is 9.99. The van der Waals surface area contributed by atoms with Crippen molar-refractivity contribution in [2.75, 3.05) is 31.6 Å². The van der Waals surface area contributed by atoms with Crippen LogP contribution in [-0.2, 0) is 9.59 Å². The molecule has 0 unspecified atom stereocenters. The summed E-state index contributed by atoms with van der Waals surface area (Å²) in [5, 5.41) is 6.16.